The van der Waals surface area contributed by atoms with Crippen LogP contribution in [0.1, 0.15) is 39.5 Å². The van der Waals surface area contributed by atoms with E-state index in [-0.39, 0.29) is 45.6 Å². The van der Waals surface area contributed by atoms with Crippen LogP contribution in [0.25, 0.3) is 93.9 Å². The lowest BCUT2D eigenvalue weighted by Gasteiger charge is -2.21. The molecule has 0 saturated carbocycles. The van der Waals surface area contributed by atoms with Gasteiger partial charge in [-0.1, -0.05) is 149 Å². The molecule has 0 saturated heterocycles. The first-order chi connectivity index (χ1) is 41.2. The van der Waals surface area contributed by atoms with Crippen LogP contribution in [0, 0.1) is 29.7 Å². The molecule has 16 heteroatoms. The van der Waals surface area contributed by atoms with Crippen molar-refractivity contribution in [3.05, 3.63) is 228 Å². The Morgan fingerprint density at radius 2 is 0.905 bits per heavy atom. The van der Waals surface area contributed by atoms with E-state index < -0.39 is 14.5 Å². The average Bonchev–Trinajstić information content (AvgIpc) is 1.86. The molecular formula is C68H50B2N6O8. The SMILES string of the molecule is [C-]#[N+]/C(c1nc2ccccc2o1)=c1\c2c(-c3cccc(OCC(C)C)c3)n(B3Oc4ccccc4-c4ccccc4O3)/c(=C(/C#N)c3nc4ccccc4o3)c2c(-c2cccc(OCC(C)C)c2)n1B1Oc2ccccc2-c2ccccc2O1. The molecule has 0 spiro atoms. The number of aromatic nitrogens is 4. The maximum Gasteiger partial charge on any atom is 0.743 e. The van der Waals surface area contributed by atoms with Crippen LogP contribution in [0.15, 0.2) is 203 Å². The van der Waals surface area contributed by atoms with Crippen molar-refractivity contribution in [1.29, 1.82) is 5.26 Å². The second-order valence-electron chi connectivity index (χ2n) is 21.3. The summed E-state index contributed by atoms with van der Waals surface area (Å²) in [5.74, 6) is 3.60. The third kappa shape index (κ3) is 9.01. The van der Waals surface area contributed by atoms with E-state index in [0.29, 0.717) is 103 Å². The van der Waals surface area contributed by atoms with E-state index in [1.165, 1.54) is 0 Å². The van der Waals surface area contributed by atoms with Gasteiger partial charge in [0.15, 0.2) is 11.2 Å². The van der Waals surface area contributed by atoms with Crippen LogP contribution in [0.5, 0.6) is 34.5 Å². The van der Waals surface area contributed by atoms with Gasteiger partial charge in [-0.25, -0.2) is 14.8 Å². The van der Waals surface area contributed by atoms with E-state index in [1.807, 2.05) is 203 Å². The molecule has 0 amide bonds. The number of benzene rings is 8. The number of para-hydroxylation sites is 8. The third-order valence-corrected chi connectivity index (χ3v) is 14.7. The quantitative estimate of drug-likeness (QED) is 0.0851. The lowest BCUT2D eigenvalue weighted by atomic mass is 10.0. The van der Waals surface area contributed by atoms with Crippen LogP contribution in [0.2, 0.25) is 0 Å². The average molecular weight is 1100 g/mol. The molecule has 4 aromatic heterocycles. The molecular weight excluding hydrogens is 1050 g/mol. The number of rotatable bonds is 12. The predicted molar refractivity (Wildman–Crippen MR) is 325 cm³/mol. The van der Waals surface area contributed by atoms with Crippen molar-refractivity contribution in [2.24, 2.45) is 11.8 Å². The lowest BCUT2D eigenvalue weighted by Crippen LogP contribution is -2.46. The summed E-state index contributed by atoms with van der Waals surface area (Å²) < 4.78 is 59.5. The maximum atomic E-state index is 12.2. The number of hydrogen-bond donors (Lipinski definition) is 0. The lowest BCUT2D eigenvalue weighted by molar-refractivity contribution is 0.271. The molecule has 2 aliphatic rings. The molecule has 84 heavy (non-hydrogen) atoms. The van der Waals surface area contributed by atoms with E-state index in [0.717, 1.165) is 22.3 Å². The van der Waals surface area contributed by atoms with Crippen molar-refractivity contribution in [1.82, 2.24) is 18.9 Å². The summed E-state index contributed by atoms with van der Waals surface area (Å²) in [6.45, 7) is 18.7. The zero-order valence-corrected chi connectivity index (χ0v) is 46.1. The van der Waals surface area contributed by atoms with Gasteiger partial charge in [0.1, 0.15) is 57.2 Å². The topological polar surface area (TPSA) is 145 Å². The van der Waals surface area contributed by atoms with Gasteiger partial charge >= 0.3 is 14.5 Å². The zero-order valence-electron chi connectivity index (χ0n) is 46.1. The van der Waals surface area contributed by atoms with Crippen molar-refractivity contribution < 1.29 is 36.9 Å². The van der Waals surface area contributed by atoms with Crippen molar-refractivity contribution in [2.75, 3.05) is 13.2 Å². The van der Waals surface area contributed by atoms with Crippen LogP contribution in [-0.2, 0) is 0 Å². The van der Waals surface area contributed by atoms with Gasteiger partial charge in [-0.2, -0.15) is 5.26 Å². The molecule has 0 N–H and O–H groups in total. The normalized spacial score (nSPS) is 13.3. The van der Waals surface area contributed by atoms with E-state index in [9.17, 15) is 11.8 Å². The van der Waals surface area contributed by atoms with E-state index in [1.54, 1.807) is 0 Å². The molecule has 2 aliphatic heterocycles. The minimum Gasteiger partial charge on any atom is -0.506 e. The molecule has 0 unspecified atom stereocenters. The largest absolute Gasteiger partial charge is 0.743 e. The number of oxazole rings is 2. The van der Waals surface area contributed by atoms with Crippen LogP contribution < -0.4 is 38.8 Å². The molecule has 406 valence electrons. The highest BCUT2D eigenvalue weighted by Gasteiger charge is 2.44. The number of ether oxygens (including phenoxy) is 2. The minimum atomic E-state index is -1.39. The molecule has 0 bridgehead atoms. The van der Waals surface area contributed by atoms with Crippen LogP contribution >= 0.6 is 0 Å². The zero-order chi connectivity index (χ0) is 57.0. The van der Waals surface area contributed by atoms with E-state index in [2.05, 4.69) is 38.6 Å². The number of nitrogens with zero attached hydrogens (tertiary/aromatic N) is 6. The smallest absolute Gasteiger partial charge is 0.506 e. The third-order valence-electron chi connectivity index (χ3n) is 14.7. The first-order valence-corrected chi connectivity index (χ1v) is 27.8. The Balaban J connectivity index is 1.25. The second-order valence-corrected chi connectivity index (χ2v) is 21.3. The highest BCUT2D eigenvalue weighted by Crippen LogP contribution is 2.45. The summed E-state index contributed by atoms with van der Waals surface area (Å²) in [5.41, 5.74) is 7.21. The molecule has 14 nitrogen and oxygen atoms in total. The summed E-state index contributed by atoms with van der Waals surface area (Å²) >= 11 is 0. The molecule has 14 rings (SSSR count). The standard InChI is InChI=1S/C68H50B2N6O8/c1-41(2)39-77-45-22-18-20-43(36-45)63-60-61(66(62(72-5)68-74-53-29-11-17-35-59(53)80-68)76(63)70-83-56-32-14-8-26-49(56)50-27-9-15-33-57(50)84-70)64(44-21-19-23-46(37-44)78-40-42(3)4)75(65(60)51(38-71)67-73-52-28-10-16-34-58(52)79-67)69-81-54-30-12-6-24-47(54)48-25-7-13-31-55(48)82-69/h6-37,41-42H,39-40H2,1-4H3/b65-51-,66-62+. The molecule has 0 radical (unpaired) electrons. The molecule has 6 heterocycles. The monoisotopic (exact) mass is 1100 g/mol. The van der Waals surface area contributed by atoms with Gasteiger partial charge in [-0.3, -0.25) is 0 Å². The van der Waals surface area contributed by atoms with Crippen LogP contribution in [-0.4, -0.2) is 46.6 Å². The highest BCUT2D eigenvalue weighted by atomic mass is 16.6. The van der Waals surface area contributed by atoms with Gasteiger partial charge in [-0.05, 0) is 84.6 Å². The van der Waals surface area contributed by atoms with Gasteiger partial charge < -0.3 is 45.9 Å². The van der Waals surface area contributed by atoms with E-state index >= 15 is 0 Å². The van der Waals surface area contributed by atoms with Gasteiger partial charge in [0.25, 0.3) is 5.70 Å². The Morgan fingerprint density at radius 1 is 0.512 bits per heavy atom. The number of nitriles is 1. The summed E-state index contributed by atoms with van der Waals surface area (Å²) in [4.78, 5) is 14.5. The summed E-state index contributed by atoms with van der Waals surface area (Å²) in [6, 6.07) is 63.8. The highest BCUT2D eigenvalue weighted by molar-refractivity contribution is 6.49. The Labute approximate surface area is 483 Å². The van der Waals surface area contributed by atoms with Crippen molar-refractivity contribution >= 4 is 58.7 Å². The first-order valence-electron chi connectivity index (χ1n) is 27.8. The Kier molecular flexibility index (Phi) is 13.0. The van der Waals surface area contributed by atoms with E-state index in [4.69, 9.17) is 46.9 Å². The maximum absolute atomic E-state index is 12.2. The van der Waals surface area contributed by atoms with Gasteiger partial charge in [0.2, 0.25) is 11.8 Å². The van der Waals surface area contributed by atoms with Crippen LogP contribution in [0.3, 0.4) is 0 Å². The minimum absolute atomic E-state index is 0.00876. The fourth-order valence-electron chi connectivity index (χ4n) is 11.1. The Hall–Kier alpha value is -10.8. The molecule has 12 aromatic rings. The molecule has 0 atom stereocenters. The fourth-order valence-corrected chi connectivity index (χ4v) is 11.1. The van der Waals surface area contributed by atoms with Gasteiger partial charge in [-0.15, -0.1) is 0 Å². The summed E-state index contributed by atoms with van der Waals surface area (Å²) in [6.07, 6.45) is 0. The van der Waals surface area contributed by atoms with Gasteiger partial charge in [0.05, 0.1) is 41.9 Å². The fraction of sp³-hybridized carbons (Fsp3) is 0.118. The van der Waals surface area contributed by atoms with Gasteiger partial charge in [0, 0.05) is 44.2 Å². The second kappa shape index (κ2) is 21.2. The number of hydrogen-bond acceptors (Lipinski definition) is 11. The van der Waals surface area contributed by atoms with Crippen molar-refractivity contribution in [3.63, 3.8) is 0 Å². The molecule has 0 aliphatic carbocycles. The van der Waals surface area contributed by atoms with Crippen molar-refractivity contribution in [3.8, 4) is 85.3 Å². The van der Waals surface area contributed by atoms with Crippen LogP contribution in [0.4, 0.5) is 0 Å². The Morgan fingerprint density at radius 3 is 1.33 bits per heavy atom. The number of fused-ring (bicyclic) bond motifs is 9. The summed E-state index contributed by atoms with van der Waals surface area (Å²) in [7, 11) is -2.78. The molecule has 8 aromatic carbocycles. The predicted octanol–water partition coefficient (Wildman–Crippen LogP) is 13.9. The molecule has 0 fully saturated rings. The van der Waals surface area contributed by atoms with Crippen molar-refractivity contribution in [2.45, 2.75) is 27.7 Å². The first kappa shape index (κ1) is 51.3. The Bertz CT molecular complexity index is 4330. The summed E-state index contributed by atoms with van der Waals surface area (Å²) in [5, 5.41) is 13.6.